The Morgan fingerprint density at radius 2 is 2.07 bits per heavy atom. The van der Waals surface area contributed by atoms with Crippen molar-refractivity contribution in [1.29, 1.82) is 0 Å². The lowest BCUT2D eigenvalue weighted by Crippen LogP contribution is -2.43. The summed E-state index contributed by atoms with van der Waals surface area (Å²) in [5.74, 6) is 0. The van der Waals surface area contributed by atoms with Crippen LogP contribution in [0.1, 0.15) is 33.6 Å². The molecule has 15 heavy (non-hydrogen) atoms. The number of ether oxygens (including phenoxy) is 1. The molecule has 1 rings (SSSR count). The van der Waals surface area contributed by atoms with Crippen LogP contribution in [-0.2, 0) is 4.74 Å². The van der Waals surface area contributed by atoms with Gasteiger partial charge in [0.05, 0.1) is 6.61 Å². The summed E-state index contributed by atoms with van der Waals surface area (Å²) in [6.07, 6.45) is 2.77. The quantitative estimate of drug-likeness (QED) is 0.662. The van der Waals surface area contributed by atoms with Gasteiger partial charge in [-0.05, 0) is 40.7 Å². The van der Waals surface area contributed by atoms with Crippen molar-refractivity contribution in [2.75, 3.05) is 26.8 Å². The second-order valence-corrected chi connectivity index (χ2v) is 4.71. The number of hydrogen-bond donors (Lipinski definition) is 1. The number of likely N-dealkylation sites (N-methyl/N-ethyl adjacent to an activating group) is 1. The van der Waals surface area contributed by atoms with E-state index in [0.29, 0.717) is 12.1 Å². The van der Waals surface area contributed by atoms with Gasteiger partial charge in [0.15, 0.2) is 0 Å². The van der Waals surface area contributed by atoms with Gasteiger partial charge in [-0.3, -0.25) is 4.90 Å². The molecule has 0 heterocycles. The molecule has 3 nitrogen and oxygen atoms in total. The second-order valence-electron chi connectivity index (χ2n) is 4.71. The van der Waals surface area contributed by atoms with Gasteiger partial charge in [-0.1, -0.05) is 0 Å². The highest BCUT2D eigenvalue weighted by atomic mass is 16.5. The van der Waals surface area contributed by atoms with Crippen molar-refractivity contribution in [2.45, 2.75) is 51.7 Å². The van der Waals surface area contributed by atoms with E-state index >= 15 is 0 Å². The van der Waals surface area contributed by atoms with Crippen LogP contribution in [0.25, 0.3) is 0 Å². The van der Waals surface area contributed by atoms with Crippen molar-refractivity contribution in [3.05, 3.63) is 0 Å². The highest BCUT2D eigenvalue weighted by Crippen LogP contribution is 2.26. The summed E-state index contributed by atoms with van der Waals surface area (Å²) in [5, 5.41) is 3.51. The minimum Gasteiger partial charge on any atom is -0.380 e. The molecular formula is C12H26N2O. The minimum absolute atomic E-state index is 0.458. The van der Waals surface area contributed by atoms with Gasteiger partial charge in [0, 0.05) is 31.3 Å². The number of hydrogen-bond acceptors (Lipinski definition) is 3. The molecule has 0 bridgehead atoms. The molecule has 0 amide bonds. The monoisotopic (exact) mass is 214 g/mol. The number of nitrogens with zero attached hydrogens (tertiary/aromatic N) is 1. The molecule has 0 spiro atoms. The Hall–Kier alpha value is -0.120. The van der Waals surface area contributed by atoms with Crippen molar-refractivity contribution in [2.24, 2.45) is 0 Å². The lowest BCUT2D eigenvalue weighted by Gasteiger charge is -2.26. The second kappa shape index (κ2) is 6.46. The van der Waals surface area contributed by atoms with E-state index in [9.17, 15) is 0 Å². The molecule has 0 radical (unpaired) electrons. The van der Waals surface area contributed by atoms with Crippen molar-refractivity contribution >= 4 is 0 Å². The van der Waals surface area contributed by atoms with Gasteiger partial charge in [-0.2, -0.15) is 0 Å². The Morgan fingerprint density at radius 1 is 1.40 bits per heavy atom. The molecule has 0 aromatic rings. The zero-order chi connectivity index (χ0) is 11.3. The molecule has 3 heteroatoms. The lowest BCUT2D eigenvalue weighted by molar-refractivity contribution is 0.123. The van der Waals surface area contributed by atoms with Crippen LogP contribution in [0.5, 0.6) is 0 Å². The van der Waals surface area contributed by atoms with Crippen molar-refractivity contribution in [1.82, 2.24) is 10.2 Å². The predicted octanol–water partition coefficient (Wildman–Crippen LogP) is 1.48. The molecule has 1 N–H and O–H groups in total. The molecule has 1 aliphatic rings. The van der Waals surface area contributed by atoms with E-state index < -0.39 is 0 Å². The van der Waals surface area contributed by atoms with E-state index in [0.717, 1.165) is 25.8 Å². The average Bonchev–Trinajstić information content (AvgIpc) is 3.05. The van der Waals surface area contributed by atoms with Crippen molar-refractivity contribution in [3.8, 4) is 0 Å². The van der Waals surface area contributed by atoms with Crippen molar-refractivity contribution in [3.63, 3.8) is 0 Å². The van der Waals surface area contributed by atoms with Crippen LogP contribution in [0.2, 0.25) is 0 Å². The molecule has 2 atom stereocenters. The lowest BCUT2D eigenvalue weighted by atomic mass is 10.2. The van der Waals surface area contributed by atoms with Crippen LogP contribution in [0.3, 0.4) is 0 Å². The van der Waals surface area contributed by atoms with Gasteiger partial charge in [0.2, 0.25) is 0 Å². The maximum Gasteiger partial charge on any atom is 0.0616 e. The first kappa shape index (κ1) is 12.9. The van der Waals surface area contributed by atoms with Crippen LogP contribution in [0.4, 0.5) is 0 Å². The van der Waals surface area contributed by atoms with Gasteiger partial charge >= 0.3 is 0 Å². The molecular weight excluding hydrogens is 188 g/mol. The molecule has 1 saturated carbocycles. The standard InChI is InChI=1S/C12H26N2O/c1-5-15-9-10(2)13-8-11(3)14(4)12-6-7-12/h10-13H,5-9H2,1-4H3. The highest BCUT2D eigenvalue weighted by Gasteiger charge is 2.28. The van der Waals surface area contributed by atoms with E-state index in [4.69, 9.17) is 4.74 Å². The molecule has 1 fully saturated rings. The van der Waals surface area contributed by atoms with Crippen LogP contribution < -0.4 is 5.32 Å². The molecule has 0 aliphatic heterocycles. The Labute approximate surface area is 94.2 Å². The van der Waals surface area contributed by atoms with E-state index in [2.05, 4.69) is 31.1 Å². The number of rotatable bonds is 8. The van der Waals surface area contributed by atoms with Crippen LogP contribution in [0.15, 0.2) is 0 Å². The topological polar surface area (TPSA) is 24.5 Å². The fraction of sp³-hybridized carbons (Fsp3) is 1.00. The fourth-order valence-electron chi connectivity index (χ4n) is 1.71. The Morgan fingerprint density at radius 3 is 2.60 bits per heavy atom. The van der Waals surface area contributed by atoms with Gasteiger partial charge in [0.1, 0.15) is 0 Å². The zero-order valence-corrected chi connectivity index (χ0v) is 10.6. The van der Waals surface area contributed by atoms with E-state index in [1.165, 1.54) is 12.8 Å². The Bertz CT molecular complexity index is 171. The van der Waals surface area contributed by atoms with Crippen LogP contribution in [-0.4, -0.2) is 49.8 Å². The summed E-state index contributed by atoms with van der Waals surface area (Å²) in [6, 6.07) is 1.94. The largest absolute Gasteiger partial charge is 0.380 e. The van der Waals surface area contributed by atoms with E-state index in [1.54, 1.807) is 0 Å². The summed E-state index contributed by atoms with van der Waals surface area (Å²) in [6.45, 7) is 9.19. The molecule has 0 saturated heterocycles. The first-order valence-electron chi connectivity index (χ1n) is 6.18. The van der Waals surface area contributed by atoms with E-state index in [1.807, 2.05) is 6.92 Å². The van der Waals surface area contributed by atoms with E-state index in [-0.39, 0.29) is 0 Å². The van der Waals surface area contributed by atoms with Crippen LogP contribution in [0, 0.1) is 0 Å². The summed E-state index contributed by atoms with van der Waals surface area (Å²) in [4.78, 5) is 2.49. The third-order valence-electron chi connectivity index (χ3n) is 3.15. The minimum atomic E-state index is 0.458. The van der Waals surface area contributed by atoms with Crippen LogP contribution >= 0.6 is 0 Å². The van der Waals surface area contributed by atoms with Gasteiger partial charge in [-0.15, -0.1) is 0 Å². The zero-order valence-electron chi connectivity index (χ0n) is 10.6. The average molecular weight is 214 g/mol. The maximum atomic E-state index is 5.37. The third kappa shape index (κ3) is 4.96. The summed E-state index contributed by atoms with van der Waals surface area (Å²) >= 11 is 0. The molecule has 0 aromatic carbocycles. The number of nitrogens with one attached hydrogen (secondary N) is 1. The smallest absolute Gasteiger partial charge is 0.0616 e. The molecule has 1 aliphatic carbocycles. The molecule has 90 valence electrons. The Balaban J connectivity index is 2.06. The first-order chi connectivity index (χ1) is 7.15. The highest BCUT2D eigenvalue weighted by molar-refractivity contribution is 4.86. The summed E-state index contributed by atoms with van der Waals surface area (Å²) in [5.41, 5.74) is 0. The Kier molecular flexibility index (Phi) is 5.58. The van der Waals surface area contributed by atoms with Crippen molar-refractivity contribution < 1.29 is 4.74 Å². The predicted molar refractivity (Wildman–Crippen MR) is 64.2 cm³/mol. The maximum absolute atomic E-state index is 5.37. The van der Waals surface area contributed by atoms with Gasteiger partial charge in [-0.25, -0.2) is 0 Å². The normalized spacial score (nSPS) is 20.6. The molecule has 0 aromatic heterocycles. The summed E-state index contributed by atoms with van der Waals surface area (Å²) < 4.78 is 5.37. The first-order valence-corrected chi connectivity index (χ1v) is 6.18. The van der Waals surface area contributed by atoms with Gasteiger partial charge < -0.3 is 10.1 Å². The SMILES string of the molecule is CCOCC(C)NCC(C)N(C)C1CC1. The summed E-state index contributed by atoms with van der Waals surface area (Å²) in [7, 11) is 2.23. The van der Waals surface area contributed by atoms with Gasteiger partial charge in [0.25, 0.3) is 0 Å². The molecule has 2 unspecified atom stereocenters. The third-order valence-corrected chi connectivity index (χ3v) is 3.15. The fourth-order valence-corrected chi connectivity index (χ4v) is 1.71.